The van der Waals surface area contributed by atoms with Crippen LogP contribution in [0.15, 0.2) is 41.5 Å². The molecule has 9 nitrogen and oxygen atoms in total. The van der Waals surface area contributed by atoms with Crippen molar-refractivity contribution < 1.29 is 9.22 Å². The zero-order valence-electron chi connectivity index (χ0n) is 26.9. The number of carbonyl (C=O) groups excluding carboxylic acids is 1. The molecular weight excluding hydrogens is 567 g/mol. The lowest BCUT2D eigenvalue weighted by Gasteiger charge is -2.39. The number of anilines is 3. The van der Waals surface area contributed by atoms with Crippen LogP contribution in [0.5, 0.6) is 0 Å². The molecule has 1 atom stereocenters. The number of rotatable bonds is 11. The van der Waals surface area contributed by atoms with Crippen molar-refractivity contribution in [2.75, 3.05) is 23.3 Å². The summed E-state index contributed by atoms with van der Waals surface area (Å²) in [6.07, 6.45) is 7.82. The minimum absolute atomic E-state index is 0.0428. The van der Waals surface area contributed by atoms with Crippen LogP contribution < -0.4 is 15.7 Å². The summed E-state index contributed by atoms with van der Waals surface area (Å²) in [5.41, 5.74) is 4.34. The number of nitrogens with zero attached hydrogens (tertiary/aromatic N) is 5. The molecule has 0 amide bonds. The maximum Gasteiger partial charge on any atom is 0.329 e. The third-order valence-electron chi connectivity index (χ3n) is 9.38. The van der Waals surface area contributed by atoms with Gasteiger partial charge in [0.05, 0.1) is 11.3 Å². The number of hydrogen-bond acceptors (Lipinski definition) is 8. The van der Waals surface area contributed by atoms with Crippen LogP contribution in [0.1, 0.15) is 63.6 Å². The molecule has 0 unspecified atom stereocenters. The Hall–Kier alpha value is -3.75. The fraction of sp³-hybridized carbons (Fsp3) is 0.485. The standard InChI is InChI=1S/C33H42BN6O3Si/c1-22-14-28(30(42)39(18-22)13-11-23-8-9-23)38-31-36-12-10-27(37-31)24-15-25(17-35)29-26(16-24)33(5,19-40(29)34-21-41)20-43-44(6,7)32(2,3)4/h10,12,14-16,18,21,23H,8-9,11,13,19-20H2,1-7H3,(H,36,37,38)/t33-/m1/s1. The van der Waals surface area contributed by atoms with E-state index in [1.165, 1.54) is 20.3 Å². The minimum atomic E-state index is -2.07. The highest BCUT2D eigenvalue weighted by Gasteiger charge is 2.44. The Morgan fingerprint density at radius 3 is 2.68 bits per heavy atom. The molecule has 2 aliphatic rings. The quantitative estimate of drug-likeness (QED) is 0.210. The van der Waals surface area contributed by atoms with E-state index in [0.29, 0.717) is 42.6 Å². The van der Waals surface area contributed by atoms with Gasteiger partial charge in [-0.15, -0.1) is 0 Å². The number of fused-ring (bicyclic) bond motifs is 1. The summed E-state index contributed by atoms with van der Waals surface area (Å²) in [7, 11) is -0.577. The van der Waals surface area contributed by atoms with Crippen LogP contribution in [0.4, 0.5) is 17.3 Å². The highest BCUT2D eigenvalue weighted by atomic mass is 28.4. The predicted molar refractivity (Wildman–Crippen MR) is 179 cm³/mol. The summed E-state index contributed by atoms with van der Waals surface area (Å²) < 4.78 is 8.47. The number of pyridine rings is 1. The summed E-state index contributed by atoms with van der Waals surface area (Å²) >= 11 is 0. The first kappa shape index (κ1) is 31.7. The van der Waals surface area contributed by atoms with E-state index in [0.717, 1.165) is 40.9 Å². The van der Waals surface area contributed by atoms with Gasteiger partial charge in [-0.2, -0.15) is 5.26 Å². The summed E-state index contributed by atoms with van der Waals surface area (Å²) in [5, 5.41) is 13.4. The van der Waals surface area contributed by atoms with Crippen molar-refractivity contribution in [1.29, 1.82) is 5.26 Å². The Morgan fingerprint density at radius 1 is 1.27 bits per heavy atom. The summed E-state index contributed by atoms with van der Waals surface area (Å²) in [6.45, 7) is 16.9. The molecule has 3 heterocycles. The van der Waals surface area contributed by atoms with Gasteiger partial charge in [0, 0.05) is 48.8 Å². The number of aryl methyl sites for hydroxylation is 2. The Bertz CT molecular complexity index is 1670. The van der Waals surface area contributed by atoms with E-state index in [1.807, 2.05) is 30.1 Å². The van der Waals surface area contributed by atoms with E-state index >= 15 is 0 Å². The SMILES string of the molecule is Cc1cc(Nc2nccc(-c3cc(C#N)c4c(c3)[C@@](C)(CO[Si](C)(C)C(C)(C)C)CN4[B]C=O)n2)c(=O)n(CCC2CC2)c1. The summed E-state index contributed by atoms with van der Waals surface area (Å²) in [5.74, 6) is 1.03. The summed E-state index contributed by atoms with van der Waals surface area (Å²) in [6, 6.07) is 9.81. The second-order valence-electron chi connectivity index (χ2n) is 14.1. The zero-order chi connectivity index (χ0) is 31.9. The zero-order valence-corrected chi connectivity index (χ0v) is 27.9. The second-order valence-corrected chi connectivity index (χ2v) is 18.9. The Labute approximate surface area is 262 Å². The third-order valence-corrected chi connectivity index (χ3v) is 13.9. The molecule has 0 bridgehead atoms. The van der Waals surface area contributed by atoms with Crippen LogP contribution in [-0.4, -0.2) is 49.6 Å². The molecule has 0 saturated heterocycles. The molecule has 1 radical (unpaired) electrons. The van der Waals surface area contributed by atoms with Gasteiger partial charge in [-0.25, -0.2) is 9.97 Å². The molecule has 229 valence electrons. The number of carbonyl (C=O) groups is 1. The maximum atomic E-state index is 13.2. The van der Waals surface area contributed by atoms with Gasteiger partial charge in [0.1, 0.15) is 17.9 Å². The van der Waals surface area contributed by atoms with Crippen LogP contribution in [-0.2, 0) is 21.2 Å². The number of hydrogen-bond donors (Lipinski definition) is 1. The molecule has 1 aliphatic heterocycles. The van der Waals surface area contributed by atoms with Crippen molar-refractivity contribution in [1.82, 2.24) is 14.5 Å². The molecule has 1 aliphatic carbocycles. The normalized spacial score (nSPS) is 18.1. The van der Waals surface area contributed by atoms with Gasteiger partial charge < -0.3 is 23.9 Å². The van der Waals surface area contributed by atoms with Gasteiger partial charge in [0.25, 0.3) is 5.56 Å². The van der Waals surface area contributed by atoms with Crippen molar-refractivity contribution in [3.63, 3.8) is 0 Å². The lowest BCUT2D eigenvalue weighted by molar-refractivity contribution is 0.219. The van der Waals surface area contributed by atoms with E-state index in [9.17, 15) is 14.9 Å². The highest BCUT2D eigenvalue weighted by Crippen LogP contribution is 2.46. The molecule has 0 spiro atoms. The lowest BCUT2D eigenvalue weighted by atomic mass is 9.83. The molecule has 1 saturated carbocycles. The third kappa shape index (κ3) is 6.52. The molecule has 5 rings (SSSR count). The summed E-state index contributed by atoms with van der Waals surface area (Å²) in [4.78, 5) is 35.9. The first-order valence-electron chi connectivity index (χ1n) is 15.3. The van der Waals surface area contributed by atoms with Gasteiger partial charge in [-0.3, -0.25) is 4.79 Å². The predicted octanol–water partition coefficient (Wildman–Crippen LogP) is 5.94. The fourth-order valence-corrected chi connectivity index (χ4v) is 6.64. The first-order valence-corrected chi connectivity index (χ1v) is 18.2. The van der Waals surface area contributed by atoms with Gasteiger partial charge >= 0.3 is 7.41 Å². The molecule has 44 heavy (non-hydrogen) atoms. The number of benzene rings is 1. The first-order chi connectivity index (χ1) is 20.7. The van der Waals surface area contributed by atoms with E-state index in [-0.39, 0.29) is 10.6 Å². The average molecular weight is 610 g/mol. The van der Waals surface area contributed by atoms with Crippen molar-refractivity contribution in [2.45, 2.75) is 84.0 Å². The van der Waals surface area contributed by atoms with E-state index in [4.69, 9.17) is 9.41 Å². The Morgan fingerprint density at radius 2 is 2.02 bits per heavy atom. The fourth-order valence-electron chi connectivity index (χ4n) is 5.53. The van der Waals surface area contributed by atoms with E-state index in [1.54, 1.807) is 22.9 Å². The van der Waals surface area contributed by atoms with Crippen LogP contribution >= 0.6 is 0 Å². The molecular formula is C33H42BN6O3Si. The minimum Gasteiger partial charge on any atom is -0.416 e. The van der Waals surface area contributed by atoms with Gasteiger partial charge in [0.2, 0.25) is 5.95 Å². The number of aromatic nitrogens is 3. The van der Waals surface area contributed by atoms with Gasteiger partial charge in [0.15, 0.2) is 8.32 Å². The van der Waals surface area contributed by atoms with Crippen molar-refractivity contribution in [3.05, 3.63) is 63.7 Å². The van der Waals surface area contributed by atoms with Crippen molar-refractivity contribution in [2.24, 2.45) is 5.92 Å². The maximum absolute atomic E-state index is 13.2. The molecule has 1 fully saturated rings. The molecule has 2 aromatic heterocycles. The van der Waals surface area contributed by atoms with Crippen LogP contribution in [0, 0.1) is 24.2 Å². The average Bonchev–Trinajstić information content (AvgIpc) is 3.76. The molecule has 1 aromatic carbocycles. The molecule has 11 heteroatoms. The van der Waals surface area contributed by atoms with Crippen LogP contribution in [0.2, 0.25) is 18.1 Å². The largest absolute Gasteiger partial charge is 0.416 e. The number of nitrogens with one attached hydrogen (secondary N) is 1. The van der Waals surface area contributed by atoms with Crippen LogP contribution in [0.3, 0.4) is 0 Å². The Balaban J connectivity index is 1.49. The van der Waals surface area contributed by atoms with Gasteiger partial charge in [-0.1, -0.05) is 40.5 Å². The molecule has 1 N–H and O–H groups in total. The molecule has 3 aromatic rings. The lowest BCUT2D eigenvalue weighted by Crippen LogP contribution is -2.46. The monoisotopic (exact) mass is 609 g/mol. The van der Waals surface area contributed by atoms with Crippen molar-refractivity contribution in [3.8, 4) is 17.3 Å². The van der Waals surface area contributed by atoms with E-state index < -0.39 is 13.7 Å². The topological polar surface area (TPSA) is 113 Å². The van der Waals surface area contributed by atoms with E-state index in [2.05, 4.69) is 57.2 Å². The Kier molecular flexibility index (Phi) is 8.62. The van der Waals surface area contributed by atoms with Crippen LogP contribution in [0.25, 0.3) is 11.3 Å². The second kappa shape index (κ2) is 12.0. The highest BCUT2D eigenvalue weighted by molar-refractivity contribution is 6.74. The van der Waals surface area contributed by atoms with Gasteiger partial charge in [-0.05, 0) is 72.8 Å². The van der Waals surface area contributed by atoms with Crippen molar-refractivity contribution >= 4 is 39.2 Å². The number of nitriles is 1. The smallest absolute Gasteiger partial charge is 0.329 e.